The summed E-state index contributed by atoms with van der Waals surface area (Å²) in [6.45, 7) is 16.4. The van der Waals surface area contributed by atoms with Gasteiger partial charge in [-0.2, -0.15) is 5.10 Å². The molecule has 0 spiro atoms. The summed E-state index contributed by atoms with van der Waals surface area (Å²) in [5, 5.41) is 4.56. The van der Waals surface area contributed by atoms with Crippen LogP contribution in [0, 0.1) is 12.8 Å². The molecule has 0 N–H and O–H groups in total. The van der Waals surface area contributed by atoms with Crippen LogP contribution in [-0.2, 0) is 13.1 Å². The van der Waals surface area contributed by atoms with Crippen molar-refractivity contribution in [1.29, 1.82) is 0 Å². The number of piperidine rings is 1. The average molecular weight is 348 g/mol. The maximum Gasteiger partial charge on any atom is 0.0537 e. The standard InChI is InChI=1S/C20H37N5/c1-5-8-25-18(3)20(15-21-25)16-23-9-6-19(7-10-23)17(2)24-13-11-22(4)12-14-24/h15,17,19H,5-14,16H2,1-4H3. The molecule has 5 heteroatoms. The third-order valence-electron chi connectivity index (χ3n) is 6.46. The Labute approximate surface area is 154 Å². The van der Waals surface area contributed by atoms with Crippen molar-refractivity contribution in [3.8, 4) is 0 Å². The SMILES string of the molecule is CCCn1ncc(CN2CCC(C(C)N3CCN(C)CC3)CC2)c1C. The van der Waals surface area contributed by atoms with Crippen molar-refractivity contribution in [1.82, 2.24) is 24.5 Å². The largest absolute Gasteiger partial charge is 0.304 e. The first-order chi connectivity index (χ1) is 12.1. The van der Waals surface area contributed by atoms with Crippen molar-refractivity contribution in [2.75, 3.05) is 46.3 Å². The van der Waals surface area contributed by atoms with Gasteiger partial charge in [-0.15, -0.1) is 0 Å². The zero-order valence-corrected chi connectivity index (χ0v) is 16.7. The lowest BCUT2D eigenvalue weighted by Gasteiger charge is -2.42. The molecular weight excluding hydrogens is 310 g/mol. The zero-order chi connectivity index (χ0) is 17.8. The number of hydrogen-bond acceptors (Lipinski definition) is 4. The Morgan fingerprint density at radius 3 is 2.44 bits per heavy atom. The highest BCUT2D eigenvalue weighted by molar-refractivity contribution is 5.16. The molecule has 2 aliphatic heterocycles. The molecule has 5 nitrogen and oxygen atoms in total. The van der Waals surface area contributed by atoms with Gasteiger partial charge in [-0.25, -0.2) is 0 Å². The third kappa shape index (κ3) is 4.63. The van der Waals surface area contributed by atoms with Crippen molar-refractivity contribution >= 4 is 0 Å². The summed E-state index contributed by atoms with van der Waals surface area (Å²) >= 11 is 0. The fourth-order valence-electron chi connectivity index (χ4n) is 4.44. The van der Waals surface area contributed by atoms with E-state index in [1.54, 1.807) is 0 Å². The van der Waals surface area contributed by atoms with Crippen LogP contribution in [0.3, 0.4) is 0 Å². The highest BCUT2D eigenvalue weighted by Gasteiger charge is 2.29. The summed E-state index contributed by atoms with van der Waals surface area (Å²) in [6, 6.07) is 0.741. The molecule has 0 aliphatic carbocycles. The van der Waals surface area contributed by atoms with E-state index < -0.39 is 0 Å². The van der Waals surface area contributed by atoms with Gasteiger partial charge in [0.05, 0.1) is 6.20 Å². The molecule has 0 aromatic carbocycles. The monoisotopic (exact) mass is 347 g/mol. The quantitative estimate of drug-likeness (QED) is 0.790. The summed E-state index contributed by atoms with van der Waals surface area (Å²) in [5.41, 5.74) is 2.77. The van der Waals surface area contributed by atoms with Gasteiger partial charge in [-0.05, 0) is 59.2 Å². The van der Waals surface area contributed by atoms with Crippen LogP contribution in [-0.4, -0.2) is 76.8 Å². The minimum atomic E-state index is 0.741. The highest BCUT2D eigenvalue weighted by atomic mass is 15.3. The predicted octanol–water partition coefficient (Wildman–Crippen LogP) is 2.45. The van der Waals surface area contributed by atoms with E-state index in [0.717, 1.165) is 31.5 Å². The first-order valence-corrected chi connectivity index (χ1v) is 10.2. The summed E-state index contributed by atoms with van der Waals surface area (Å²) in [6.07, 6.45) is 5.92. The lowest BCUT2D eigenvalue weighted by Crippen LogP contribution is -2.51. The van der Waals surface area contributed by atoms with Crippen LogP contribution in [0.2, 0.25) is 0 Å². The second-order valence-electron chi connectivity index (χ2n) is 8.17. The van der Waals surface area contributed by atoms with Gasteiger partial charge in [0.2, 0.25) is 0 Å². The number of hydrogen-bond donors (Lipinski definition) is 0. The molecular formula is C20H37N5. The average Bonchev–Trinajstić information content (AvgIpc) is 2.96. The first-order valence-electron chi connectivity index (χ1n) is 10.2. The van der Waals surface area contributed by atoms with Crippen LogP contribution in [0.15, 0.2) is 6.20 Å². The molecule has 1 aromatic heterocycles. The number of piperazine rings is 1. The first kappa shape index (κ1) is 18.9. The molecule has 1 unspecified atom stereocenters. The van der Waals surface area contributed by atoms with Gasteiger partial charge in [-0.3, -0.25) is 14.5 Å². The van der Waals surface area contributed by atoms with Gasteiger partial charge >= 0.3 is 0 Å². The Morgan fingerprint density at radius 2 is 1.80 bits per heavy atom. The van der Waals surface area contributed by atoms with Gasteiger partial charge in [0.25, 0.3) is 0 Å². The number of aromatic nitrogens is 2. The molecule has 0 bridgehead atoms. The van der Waals surface area contributed by atoms with Crippen LogP contribution in [0.25, 0.3) is 0 Å². The third-order valence-corrected chi connectivity index (χ3v) is 6.46. The summed E-state index contributed by atoms with van der Waals surface area (Å²) in [7, 11) is 2.24. The van der Waals surface area contributed by atoms with Crippen molar-refractivity contribution in [3.63, 3.8) is 0 Å². The molecule has 0 amide bonds. The van der Waals surface area contributed by atoms with E-state index in [2.05, 4.69) is 58.5 Å². The number of likely N-dealkylation sites (tertiary alicyclic amines) is 1. The molecule has 2 saturated heterocycles. The normalized spacial score (nSPS) is 23.2. The van der Waals surface area contributed by atoms with Crippen LogP contribution >= 0.6 is 0 Å². The van der Waals surface area contributed by atoms with Crippen LogP contribution in [0.1, 0.15) is 44.4 Å². The maximum absolute atomic E-state index is 4.56. The van der Waals surface area contributed by atoms with E-state index in [1.165, 1.54) is 63.4 Å². The lowest BCUT2D eigenvalue weighted by atomic mass is 9.89. The molecule has 2 aliphatic rings. The van der Waals surface area contributed by atoms with E-state index in [0.29, 0.717) is 0 Å². The zero-order valence-electron chi connectivity index (χ0n) is 16.7. The molecule has 0 radical (unpaired) electrons. The van der Waals surface area contributed by atoms with E-state index in [9.17, 15) is 0 Å². The Kier molecular flexibility index (Phi) is 6.53. The molecule has 0 saturated carbocycles. The van der Waals surface area contributed by atoms with Crippen LogP contribution in [0.4, 0.5) is 0 Å². The highest BCUT2D eigenvalue weighted by Crippen LogP contribution is 2.26. The summed E-state index contributed by atoms with van der Waals surface area (Å²) in [4.78, 5) is 7.81. The number of aryl methyl sites for hydroxylation is 1. The van der Waals surface area contributed by atoms with Gasteiger partial charge in [0, 0.05) is 56.6 Å². The molecule has 1 aromatic rings. The van der Waals surface area contributed by atoms with E-state index in [-0.39, 0.29) is 0 Å². The van der Waals surface area contributed by atoms with Crippen molar-refractivity contribution in [3.05, 3.63) is 17.5 Å². The maximum atomic E-state index is 4.56. The molecule has 25 heavy (non-hydrogen) atoms. The Hall–Kier alpha value is -0.910. The molecule has 1 atom stereocenters. The Balaban J connectivity index is 1.47. The van der Waals surface area contributed by atoms with Crippen molar-refractivity contribution in [2.45, 2.75) is 59.2 Å². The van der Waals surface area contributed by atoms with Crippen LogP contribution in [0.5, 0.6) is 0 Å². The smallest absolute Gasteiger partial charge is 0.0537 e. The fraction of sp³-hybridized carbons (Fsp3) is 0.850. The van der Waals surface area contributed by atoms with E-state index in [1.807, 2.05) is 0 Å². The lowest BCUT2D eigenvalue weighted by molar-refractivity contribution is 0.0598. The number of nitrogens with zero attached hydrogens (tertiary/aromatic N) is 5. The van der Waals surface area contributed by atoms with Gasteiger partial charge < -0.3 is 4.90 Å². The molecule has 142 valence electrons. The van der Waals surface area contributed by atoms with Gasteiger partial charge in [0.1, 0.15) is 0 Å². The molecule has 3 rings (SSSR count). The fourth-order valence-corrected chi connectivity index (χ4v) is 4.44. The second kappa shape index (κ2) is 8.65. The van der Waals surface area contributed by atoms with Crippen molar-refractivity contribution < 1.29 is 0 Å². The predicted molar refractivity (Wildman–Crippen MR) is 104 cm³/mol. The van der Waals surface area contributed by atoms with E-state index in [4.69, 9.17) is 0 Å². The Bertz CT molecular complexity index is 524. The summed E-state index contributed by atoms with van der Waals surface area (Å²) in [5.74, 6) is 0.864. The van der Waals surface area contributed by atoms with Crippen LogP contribution < -0.4 is 0 Å². The molecule has 3 heterocycles. The summed E-state index contributed by atoms with van der Waals surface area (Å²) < 4.78 is 2.16. The minimum absolute atomic E-state index is 0.741. The number of rotatable bonds is 6. The molecule has 2 fully saturated rings. The van der Waals surface area contributed by atoms with Crippen molar-refractivity contribution in [2.24, 2.45) is 5.92 Å². The minimum Gasteiger partial charge on any atom is -0.304 e. The second-order valence-corrected chi connectivity index (χ2v) is 8.17. The number of likely N-dealkylation sites (N-methyl/N-ethyl adjacent to an activating group) is 1. The van der Waals surface area contributed by atoms with Gasteiger partial charge in [0.15, 0.2) is 0 Å². The Morgan fingerprint density at radius 1 is 1.12 bits per heavy atom. The van der Waals surface area contributed by atoms with E-state index >= 15 is 0 Å². The topological polar surface area (TPSA) is 27.5 Å². The van der Waals surface area contributed by atoms with Gasteiger partial charge in [-0.1, -0.05) is 6.92 Å².